The lowest BCUT2D eigenvalue weighted by Gasteiger charge is -1.88. The average Bonchev–Trinajstić information content (AvgIpc) is 1.91. The van der Waals surface area contributed by atoms with E-state index in [1.54, 1.807) is 29.4 Å². The van der Waals surface area contributed by atoms with Crippen LogP contribution in [0.1, 0.15) is 0 Å². The van der Waals surface area contributed by atoms with Gasteiger partial charge in [0.25, 0.3) is 6.33 Å². The largest absolute Gasteiger partial charge is 0.286 e. The molecule has 0 aromatic carbocycles. The lowest BCUT2D eigenvalue weighted by atomic mass is 10.6. The van der Waals surface area contributed by atoms with Crippen molar-refractivity contribution in [2.75, 3.05) is 6.67 Å². The molecule has 0 aliphatic rings. The van der Waals surface area contributed by atoms with E-state index in [9.17, 15) is 4.39 Å². The minimum absolute atomic E-state index is 0.337. The van der Waals surface area contributed by atoms with Gasteiger partial charge in [0, 0.05) is 6.07 Å². The van der Waals surface area contributed by atoms with E-state index in [1.807, 2.05) is 0 Å². The lowest BCUT2D eigenvalue weighted by molar-refractivity contribution is -0.699. The molecule has 1 aromatic rings. The van der Waals surface area contributed by atoms with Crippen LogP contribution in [-0.2, 0) is 6.54 Å². The fourth-order valence-electron chi connectivity index (χ4n) is 0.591. The summed E-state index contributed by atoms with van der Waals surface area (Å²) in [6.07, 6.45) is 5.04. The SMILES string of the molecule is FCC[n+]1cccnc1. The van der Waals surface area contributed by atoms with Crippen molar-refractivity contribution in [1.29, 1.82) is 0 Å². The topological polar surface area (TPSA) is 16.8 Å². The predicted octanol–water partition coefficient (Wildman–Crippen LogP) is 0.339. The predicted molar refractivity (Wildman–Crippen MR) is 30.4 cm³/mol. The molecule has 0 saturated carbocycles. The van der Waals surface area contributed by atoms with E-state index in [0.29, 0.717) is 6.54 Å². The number of aryl methyl sites for hydroxylation is 1. The molecular weight excluding hydrogens is 119 g/mol. The maximum Gasteiger partial charge on any atom is 0.286 e. The highest BCUT2D eigenvalue weighted by molar-refractivity contribution is 4.68. The van der Waals surface area contributed by atoms with E-state index in [4.69, 9.17) is 0 Å². The Labute approximate surface area is 53.0 Å². The highest BCUT2D eigenvalue weighted by Gasteiger charge is 1.91. The van der Waals surface area contributed by atoms with Crippen molar-refractivity contribution in [3.8, 4) is 0 Å². The Bertz CT molecular complexity index is 164. The normalized spacial score (nSPS) is 9.44. The van der Waals surface area contributed by atoms with Crippen LogP contribution in [0, 0.1) is 0 Å². The molecule has 0 bridgehead atoms. The maximum absolute atomic E-state index is 11.6. The van der Waals surface area contributed by atoms with E-state index < -0.39 is 0 Å². The summed E-state index contributed by atoms with van der Waals surface area (Å²) in [7, 11) is 0. The molecule has 0 spiro atoms. The summed E-state index contributed by atoms with van der Waals surface area (Å²) in [5, 5.41) is 0. The number of nitrogens with zero attached hydrogens (tertiary/aromatic N) is 2. The number of halogens is 1. The van der Waals surface area contributed by atoms with Gasteiger partial charge in [-0.05, 0) is 0 Å². The summed E-state index contributed by atoms with van der Waals surface area (Å²) in [6.45, 7) is 0.0597. The summed E-state index contributed by atoms with van der Waals surface area (Å²) in [6, 6.07) is 1.77. The number of rotatable bonds is 2. The zero-order valence-corrected chi connectivity index (χ0v) is 5.00. The van der Waals surface area contributed by atoms with Gasteiger partial charge < -0.3 is 0 Å². The molecule has 0 amide bonds. The molecular formula is C6H8FN2+. The summed E-state index contributed by atoms with van der Waals surface area (Å²) in [5.74, 6) is 0. The first kappa shape index (κ1) is 6.13. The molecule has 0 unspecified atom stereocenters. The highest BCUT2D eigenvalue weighted by Crippen LogP contribution is 1.71. The van der Waals surface area contributed by atoms with E-state index >= 15 is 0 Å². The van der Waals surface area contributed by atoms with Gasteiger partial charge in [-0.3, -0.25) is 0 Å². The van der Waals surface area contributed by atoms with Crippen molar-refractivity contribution in [3.63, 3.8) is 0 Å². The van der Waals surface area contributed by atoms with Crippen LogP contribution in [0.2, 0.25) is 0 Å². The van der Waals surface area contributed by atoms with Crippen LogP contribution in [0.25, 0.3) is 0 Å². The van der Waals surface area contributed by atoms with Crippen molar-refractivity contribution in [1.82, 2.24) is 4.98 Å². The van der Waals surface area contributed by atoms with E-state index in [2.05, 4.69) is 4.98 Å². The van der Waals surface area contributed by atoms with Crippen LogP contribution in [0.4, 0.5) is 4.39 Å². The van der Waals surface area contributed by atoms with Crippen LogP contribution in [0.3, 0.4) is 0 Å². The molecule has 1 aromatic heterocycles. The minimum atomic E-state index is -0.337. The third-order valence-corrected chi connectivity index (χ3v) is 1.01. The van der Waals surface area contributed by atoms with E-state index in [0.717, 1.165) is 0 Å². The molecule has 1 heterocycles. The Balaban J connectivity index is 2.61. The second kappa shape index (κ2) is 3.12. The summed E-state index contributed by atoms with van der Waals surface area (Å²) < 4.78 is 13.3. The molecule has 9 heavy (non-hydrogen) atoms. The van der Waals surface area contributed by atoms with Crippen LogP contribution >= 0.6 is 0 Å². The van der Waals surface area contributed by atoms with Crippen molar-refractivity contribution in [2.45, 2.75) is 6.54 Å². The Morgan fingerprint density at radius 2 is 2.44 bits per heavy atom. The van der Waals surface area contributed by atoms with Crippen molar-refractivity contribution < 1.29 is 8.96 Å². The Kier molecular flexibility index (Phi) is 2.13. The fraction of sp³-hybridized carbons (Fsp3) is 0.333. The quantitative estimate of drug-likeness (QED) is 0.523. The Hall–Kier alpha value is -0.990. The zero-order valence-electron chi connectivity index (χ0n) is 5.00. The second-order valence-corrected chi connectivity index (χ2v) is 1.68. The van der Waals surface area contributed by atoms with Gasteiger partial charge in [-0.15, -0.1) is 0 Å². The van der Waals surface area contributed by atoms with Gasteiger partial charge in [0.2, 0.25) is 0 Å². The number of hydrogen-bond acceptors (Lipinski definition) is 1. The van der Waals surface area contributed by atoms with Gasteiger partial charge >= 0.3 is 0 Å². The molecule has 3 heteroatoms. The molecule has 0 fully saturated rings. The van der Waals surface area contributed by atoms with Gasteiger partial charge in [-0.25, -0.2) is 8.96 Å². The zero-order chi connectivity index (χ0) is 6.53. The van der Waals surface area contributed by atoms with Crippen LogP contribution in [-0.4, -0.2) is 11.7 Å². The van der Waals surface area contributed by atoms with Crippen LogP contribution in [0.5, 0.6) is 0 Å². The summed E-state index contributed by atoms with van der Waals surface area (Å²) in [4.78, 5) is 3.80. The molecule has 48 valence electrons. The third kappa shape index (κ3) is 1.76. The van der Waals surface area contributed by atoms with Crippen molar-refractivity contribution in [2.24, 2.45) is 0 Å². The molecule has 0 N–H and O–H groups in total. The Morgan fingerprint density at radius 3 is 3.00 bits per heavy atom. The highest BCUT2D eigenvalue weighted by atomic mass is 19.1. The summed E-state index contributed by atoms with van der Waals surface area (Å²) in [5.41, 5.74) is 0. The van der Waals surface area contributed by atoms with Crippen molar-refractivity contribution in [3.05, 3.63) is 24.8 Å². The molecule has 0 saturated heterocycles. The average molecular weight is 127 g/mol. The second-order valence-electron chi connectivity index (χ2n) is 1.68. The number of aromatic nitrogens is 2. The molecule has 2 nitrogen and oxygen atoms in total. The first-order chi connectivity index (χ1) is 4.43. The van der Waals surface area contributed by atoms with Gasteiger partial charge in [-0.2, -0.15) is 0 Å². The molecule has 0 aliphatic heterocycles. The first-order valence-corrected chi connectivity index (χ1v) is 2.78. The molecule has 0 atom stereocenters. The standard InChI is InChI=1S/C6H8FN2/c7-2-5-9-4-1-3-8-6-9/h1,3-4,6H,2,5H2/q+1. The first-order valence-electron chi connectivity index (χ1n) is 2.78. The smallest absolute Gasteiger partial charge is 0.247 e. The molecule has 0 aliphatic carbocycles. The molecule has 1 rings (SSSR count). The third-order valence-electron chi connectivity index (χ3n) is 1.01. The number of alkyl halides is 1. The minimum Gasteiger partial charge on any atom is -0.247 e. The summed E-state index contributed by atoms with van der Waals surface area (Å²) >= 11 is 0. The van der Waals surface area contributed by atoms with Gasteiger partial charge in [0.1, 0.15) is 19.4 Å². The van der Waals surface area contributed by atoms with Crippen LogP contribution in [0.15, 0.2) is 24.8 Å². The van der Waals surface area contributed by atoms with Gasteiger partial charge in [0.05, 0.1) is 6.20 Å². The lowest BCUT2D eigenvalue weighted by Crippen LogP contribution is -2.33. The fourth-order valence-corrected chi connectivity index (χ4v) is 0.591. The van der Waals surface area contributed by atoms with Crippen LogP contribution < -0.4 is 4.57 Å². The maximum atomic E-state index is 11.6. The van der Waals surface area contributed by atoms with Crippen molar-refractivity contribution >= 4 is 0 Å². The van der Waals surface area contributed by atoms with E-state index in [1.165, 1.54) is 0 Å². The van der Waals surface area contributed by atoms with E-state index in [-0.39, 0.29) is 6.67 Å². The van der Waals surface area contributed by atoms with Gasteiger partial charge in [0.15, 0.2) is 0 Å². The Morgan fingerprint density at radius 1 is 1.56 bits per heavy atom. The monoisotopic (exact) mass is 127 g/mol. The number of hydrogen-bond donors (Lipinski definition) is 0. The van der Waals surface area contributed by atoms with Gasteiger partial charge in [-0.1, -0.05) is 4.98 Å². The molecule has 0 radical (unpaired) electrons.